The Hall–Kier alpha value is -1.36. The molecule has 1 aliphatic carbocycles. The molecule has 1 aromatic carbocycles. The first-order chi connectivity index (χ1) is 10.1. The van der Waals surface area contributed by atoms with Gasteiger partial charge in [0.1, 0.15) is 11.5 Å². The molecule has 4 nitrogen and oxygen atoms in total. The van der Waals surface area contributed by atoms with Crippen LogP contribution in [-0.2, 0) is 4.79 Å². The first-order valence-corrected chi connectivity index (χ1v) is 8.44. The number of ether oxygens (including phenoxy) is 2. The summed E-state index contributed by atoms with van der Waals surface area (Å²) in [6.45, 7) is 3.26. The molecule has 0 atom stereocenters. The van der Waals surface area contributed by atoms with Gasteiger partial charge in [-0.05, 0) is 55.2 Å². The molecule has 116 valence electrons. The van der Waals surface area contributed by atoms with Crippen molar-refractivity contribution >= 4 is 17.7 Å². The maximum atomic E-state index is 10.8. The summed E-state index contributed by atoms with van der Waals surface area (Å²) in [4.78, 5) is 10.8. The van der Waals surface area contributed by atoms with Crippen LogP contribution < -0.4 is 9.47 Å². The normalized spacial score (nSPS) is 15.5. The van der Waals surface area contributed by atoms with Gasteiger partial charge in [0.05, 0.1) is 19.6 Å². The highest BCUT2D eigenvalue weighted by Crippen LogP contribution is 2.50. The van der Waals surface area contributed by atoms with Crippen LogP contribution in [0.4, 0.5) is 0 Å². The van der Waals surface area contributed by atoms with Gasteiger partial charge in [-0.3, -0.25) is 4.79 Å². The highest BCUT2D eigenvalue weighted by molar-refractivity contribution is 7.99. The zero-order valence-corrected chi connectivity index (χ0v) is 13.2. The van der Waals surface area contributed by atoms with Gasteiger partial charge in [-0.15, -0.1) is 0 Å². The second-order valence-corrected chi connectivity index (χ2v) is 6.48. The van der Waals surface area contributed by atoms with Crippen LogP contribution in [0.25, 0.3) is 0 Å². The Morgan fingerprint density at radius 2 is 1.86 bits per heavy atom. The van der Waals surface area contributed by atoms with E-state index in [2.05, 4.69) is 0 Å². The molecule has 0 heterocycles. The largest absolute Gasteiger partial charge is 0.494 e. The number of carboxylic acids is 1. The zero-order valence-electron chi connectivity index (χ0n) is 12.3. The minimum Gasteiger partial charge on any atom is -0.494 e. The first kappa shape index (κ1) is 16.0. The maximum absolute atomic E-state index is 10.8. The highest BCUT2D eigenvalue weighted by Gasteiger charge is 2.43. The average molecular weight is 310 g/mol. The van der Waals surface area contributed by atoms with E-state index in [1.54, 1.807) is 11.8 Å². The number of carbonyl (C=O) groups is 1. The fraction of sp³-hybridized carbons (Fsp3) is 0.562. The lowest BCUT2D eigenvalue weighted by Crippen LogP contribution is -2.12. The van der Waals surface area contributed by atoms with Crippen molar-refractivity contribution in [2.45, 2.75) is 26.2 Å². The van der Waals surface area contributed by atoms with Crippen molar-refractivity contribution in [2.75, 3.05) is 24.7 Å². The Kier molecular flexibility index (Phi) is 5.79. The Labute approximate surface area is 129 Å². The van der Waals surface area contributed by atoms with Crippen molar-refractivity contribution in [3.63, 3.8) is 0 Å². The van der Waals surface area contributed by atoms with Crippen molar-refractivity contribution in [1.82, 2.24) is 0 Å². The number of carboxylic acid groups (broad SMARTS) is 1. The quantitative estimate of drug-likeness (QED) is 0.671. The SMILES string of the molecule is CCOc1ccc(OCCSCC2(CC(=O)O)CC2)cc1. The maximum Gasteiger partial charge on any atom is 0.303 e. The van der Waals surface area contributed by atoms with Gasteiger partial charge < -0.3 is 14.6 Å². The van der Waals surface area contributed by atoms with E-state index >= 15 is 0 Å². The fourth-order valence-electron chi connectivity index (χ4n) is 2.18. The van der Waals surface area contributed by atoms with Gasteiger partial charge in [-0.1, -0.05) is 0 Å². The molecule has 0 saturated heterocycles. The summed E-state index contributed by atoms with van der Waals surface area (Å²) in [5.74, 6) is 2.81. The van der Waals surface area contributed by atoms with Crippen molar-refractivity contribution in [3.05, 3.63) is 24.3 Å². The molecule has 5 heteroatoms. The van der Waals surface area contributed by atoms with E-state index in [1.807, 2.05) is 31.2 Å². The predicted molar refractivity (Wildman–Crippen MR) is 84.4 cm³/mol. The standard InChI is InChI=1S/C16H22O4S/c1-2-19-13-3-5-14(6-4-13)20-9-10-21-12-16(7-8-16)11-15(17)18/h3-6H,2,7-12H2,1H3,(H,17,18). The van der Waals surface area contributed by atoms with Gasteiger partial charge in [0.25, 0.3) is 0 Å². The lowest BCUT2D eigenvalue weighted by molar-refractivity contribution is -0.138. The molecular formula is C16H22O4S. The molecular weight excluding hydrogens is 288 g/mol. The van der Waals surface area contributed by atoms with Crippen molar-refractivity contribution in [2.24, 2.45) is 5.41 Å². The number of hydrogen-bond acceptors (Lipinski definition) is 4. The second kappa shape index (κ2) is 7.59. The second-order valence-electron chi connectivity index (χ2n) is 5.38. The average Bonchev–Trinajstić information content (AvgIpc) is 3.19. The smallest absolute Gasteiger partial charge is 0.303 e. The highest BCUT2D eigenvalue weighted by atomic mass is 32.2. The number of hydrogen-bond donors (Lipinski definition) is 1. The summed E-state index contributed by atoms with van der Waals surface area (Å²) in [7, 11) is 0. The van der Waals surface area contributed by atoms with Crippen LogP contribution in [0.15, 0.2) is 24.3 Å². The third-order valence-electron chi connectivity index (χ3n) is 3.52. The third kappa shape index (κ3) is 5.50. The Balaban J connectivity index is 1.60. The molecule has 1 aliphatic rings. The molecule has 1 saturated carbocycles. The monoisotopic (exact) mass is 310 g/mol. The molecule has 0 aromatic heterocycles. The lowest BCUT2D eigenvalue weighted by Gasteiger charge is -2.12. The Bertz CT molecular complexity index is 454. The molecule has 0 bridgehead atoms. The van der Waals surface area contributed by atoms with E-state index in [9.17, 15) is 4.79 Å². The molecule has 0 spiro atoms. The number of benzene rings is 1. The molecule has 2 rings (SSSR count). The molecule has 1 aromatic rings. The van der Waals surface area contributed by atoms with E-state index in [1.165, 1.54) is 0 Å². The van der Waals surface area contributed by atoms with E-state index in [4.69, 9.17) is 14.6 Å². The molecule has 21 heavy (non-hydrogen) atoms. The van der Waals surface area contributed by atoms with Gasteiger partial charge in [-0.25, -0.2) is 0 Å². The molecule has 0 radical (unpaired) electrons. The zero-order chi connectivity index (χ0) is 15.1. The number of aliphatic carboxylic acids is 1. The Morgan fingerprint density at radius 3 is 2.38 bits per heavy atom. The molecule has 0 aliphatic heterocycles. The van der Waals surface area contributed by atoms with E-state index < -0.39 is 5.97 Å². The lowest BCUT2D eigenvalue weighted by atomic mass is 10.1. The first-order valence-electron chi connectivity index (χ1n) is 7.29. The summed E-state index contributed by atoms with van der Waals surface area (Å²) >= 11 is 1.78. The van der Waals surface area contributed by atoms with E-state index in [0.717, 1.165) is 35.8 Å². The van der Waals surface area contributed by atoms with Gasteiger partial charge in [0, 0.05) is 5.75 Å². The van der Waals surface area contributed by atoms with Gasteiger partial charge in [-0.2, -0.15) is 11.8 Å². The van der Waals surface area contributed by atoms with Crippen LogP contribution in [-0.4, -0.2) is 35.8 Å². The minimum absolute atomic E-state index is 0.0651. The van der Waals surface area contributed by atoms with Crippen LogP contribution in [0.2, 0.25) is 0 Å². The van der Waals surface area contributed by atoms with E-state index in [-0.39, 0.29) is 5.41 Å². The minimum atomic E-state index is -0.682. The van der Waals surface area contributed by atoms with Crippen LogP contribution in [0.5, 0.6) is 11.5 Å². The topological polar surface area (TPSA) is 55.8 Å². The van der Waals surface area contributed by atoms with Crippen molar-refractivity contribution in [1.29, 1.82) is 0 Å². The summed E-state index contributed by atoms with van der Waals surface area (Å²) in [6, 6.07) is 7.61. The molecule has 1 fully saturated rings. The number of thioether (sulfide) groups is 1. The predicted octanol–water partition coefficient (Wildman–Crippen LogP) is 3.45. The molecule has 0 unspecified atom stereocenters. The number of rotatable bonds is 10. The fourth-order valence-corrected chi connectivity index (χ4v) is 3.34. The van der Waals surface area contributed by atoms with Crippen LogP contribution >= 0.6 is 11.8 Å². The molecule has 0 amide bonds. The van der Waals surface area contributed by atoms with Gasteiger partial charge in [0.15, 0.2) is 0 Å². The summed E-state index contributed by atoms with van der Waals surface area (Å²) < 4.78 is 11.0. The summed E-state index contributed by atoms with van der Waals surface area (Å²) in [5.41, 5.74) is 0.0651. The molecule has 1 N–H and O–H groups in total. The van der Waals surface area contributed by atoms with E-state index in [0.29, 0.717) is 19.6 Å². The van der Waals surface area contributed by atoms with Gasteiger partial charge >= 0.3 is 5.97 Å². The summed E-state index contributed by atoms with van der Waals surface area (Å²) in [5, 5.41) is 8.86. The van der Waals surface area contributed by atoms with Crippen LogP contribution in [0, 0.1) is 5.41 Å². The van der Waals surface area contributed by atoms with Crippen molar-refractivity contribution in [3.8, 4) is 11.5 Å². The van der Waals surface area contributed by atoms with Crippen LogP contribution in [0.1, 0.15) is 26.2 Å². The summed E-state index contributed by atoms with van der Waals surface area (Å²) in [6.07, 6.45) is 2.40. The van der Waals surface area contributed by atoms with Crippen molar-refractivity contribution < 1.29 is 19.4 Å². The van der Waals surface area contributed by atoms with Gasteiger partial charge in [0.2, 0.25) is 0 Å². The third-order valence-corrected chi connectivity index (χ3v) is 4.79. The van der Waals surface area contributed by atoms with Crippen LogP contribution in [0.3, 0.4) is 0 Å². The Morgan fingerprint density at radius 1 is 1.24 bits per heavy atom.